The summed E-state index contributed by atoms with van der Waals surface area (Å²) in [4.78, 5) is 14.8. The van der Waals surface area contributed by atoms with Crippen molar-refractivity contribution in [1.29, 1.82) is 0 Å². The Morgan fingerprint density at radius 1 is 1.17 bits per heavy atom. The number of rotatable bonds is 5. The first kappa shape index (κ1) is 16.5. The second-order valence-electron chi connectivity index (χ2n) is 7.25. The molecule has 0 aromatic heterocycles. The molecule has 0 bridgehead atoms. The zero-order valence-corrected chi connectivity index (χ0v) is 14.4. The van der Waals surface area contributed by atoms with E-state index in [1.807, 2.05) is 0 Å². The van der Waals surface area contributed by atoms with E-state index >= 15 is 0 Å². The van der Waals surface area contributed by atoms with Crippen molar-refractivity contribution in [2.45, 2.75) is 57.9 Å². The highest BCUT2D eigenvalue weighted by Gasteiger charge is 2.33. The number of benzene rings is 1. The topological polar surface area (TPSA) is 32.3 Å². The lowest BCUT2D eigenvalue weighted by Gasteiger charge is -2.43. The van der Waals surface area contributed by atoms with Crippen LogP contribution in [-0.2, 0) is 11.2 Å². The van der Waals surface area contributed by atoms with E-state index in [0.717, 1.165) is 25.4 Å². The minimum absolute atomic E-state index is 0.199. The first-order valence-electron chi connectivity index (χ1n) is 9.29. The van der Waals surface area contributed by atoms with Gasteiger partial charge in [0, 0.05) is 12.6 Å². The molecule has 3 heteroatoms. The van der Waals surface area contributed by atoms with Crippen LogP contribution in [-0.4, -0.2) is 36.5 Å². The SMILES string of the molecule is Cc1ccccc1CCNC(=O)CN1CCC[C@@H]2CCCC[C@@H]21. The summed E-state index contributed by atoms with van der Waals surface area (Å²) in [6, 6.07) is 9.09. The number of fused-ring (bicyclic) bond motifs is 1. The van der Waals surface area contributed by atoms with E-state index in [-0.39, 0.29) is 5.91 Å². The van der Waals surface area contributed by atoms with Crippen LogP contribution in [0.3, 0.4) is 0 Å². The molecule has 23 heavy (non-hydrogen) atoms. The minimum atomic E-state index is 0.199. The fraction of sp³-hybridized carbons (Fsp3) is 0.650. The van der Waals surface area contributed by atoms with E-state index in [1.165, 1.54) is 49.7 Å². The summed E-state index contributed by atoms with van der Waals surface area (Å²) in [6.45, 7) is 4.57. The summed E-state index contributed by atoms with van der Waals surface area (Å²) in [7, 11) is 0. The quantitative estimate of drug-likeness (QED) is 0.904. The standard InChI is InChI=1S/C20H30N2O/c1-16-7-2-3-8-17(16)12-13-21-20(23)15-22-14-6-10-18-9-4-5-11-19(18)22/h2-3,7-8,18-19H,4-6,9-15H2,1H3,(H,21,23)/t18-,19-/m0/s1. The molecule has 1 amide bonds. The summed E-state index contributed by atoms with van der Waals surface area (Å²) >= 11 is 0. The normalized spacial score (nSPS) is 24.9. The van der Waals surface area contributed by atoms with Gasteiger partial charge in [0.25, 0.3) is 0 Å². The van der Waals surface area contributed by atoms with E-state index in [2.05, 4.69) is 41.4 Å². The number of amides is 1. The van der Waals surface area contributed by atoms with Gasteiger partial charge in [-0.05, 0) is 62.6 Å². The third kappa shape index (κ3) is 4.35. The number of hydrogen-bond donors (Lipinski definition) is 1. The highest BCUT2D eigenvalue weighted by atomic mass is 16.2. The second kappa shape index (κ2) is 7.96. The van der Waals surface area contributed by atoms with E-state index < -0.39 is 0 Å². The summed E-state index contributed by atoms with van der Waals surface area (Å²) < 4.78 is 0. The van der Waals surface area contributed by atoms with Gasteiger partial charge in [0.15, 0.2) is 0 Å². The Labute approximate surface area is 140 Å². The van der Waals surface area contributed by atoms with Crippen molar-refractivity contribution in [2.24, 2.45) is 5.92 Å². The maximum Gasteiger partial charge on any atom is 0.234 e. The lowest BCUT2D eigenvalue weighted by Crippen LogP contribution is -2.50. The van der Waals surface area contributed by atoms with Crippen molar-refractivity contribution in [3.05, 3.63) is 35.4 Å². The average Bonchev–Trinajstić information content (AvgIpc) is 2.57. The van der Waals surface area contributed by atoms with Crippen molar-refractivity contribution in [1.82, 2.24) is 10.2 Å². The first-order valence-corrected chi connectivity index (χ1v) is 9.29. The average molecular weight is 314 g/mol. The molecule has 1 saturated heterocycles. The zero-order chi connectivity index (χ0) is 16.1. The Morgan fingerprint density at radius 3 is 2.83 bits per heavy atom. The molecule has 3 nitrogen and oxygen atoms in total. The summed E-state index contributed by atoms with van der Waals surface area (Å²) in [5.74, 6) is 1.04. The number of hydrogen-bond acceptors (Lipinski definition) is 2. The molecule has 1 aliphatic carbocycles. The van der Waals surface area contributed by atoms with Gasteiger partial charge in [-0.2, -0.15) is 0 Å². The molecule has 2 fully saturated rings. The molecule has 1 aromatic carbocycles. The van der Waals surface area contributed by atoms with Gasteiger partial charge >= 0.3 is 0 Å². The maximum atomic E-state index is 12.3. The molecule has 0 radical (unpaired) electrons. The van der Waals surface area contributed by atoms with Crippen LogP contribution in [0.1, 0.15) is 49.7 Å². The third-order valence-corrected chi connectivity index (χ3v) is 5.68. The van der Waals surface area contributed by atoms with Crippen LogP contribution in [0.15, 0.2) is 24.3 Å². The number of carbonyl (C=O) groups is 1. The molecule has 1 aliphatic heterocycles. The Bertz CT molecular complexity index is 526. The molecule has 1 aromatic rings. The second-order valence-corrected chi connectivity index (χ2v) is 7.25. The van der Waals surface area contributed by atoms with E-state index in [9.17, 15) is 4.79 Å². The molecule has 1 N–H and O–H groups in total. The summed E-state index contributed by atoms with van der Waals surface area (Å²) in [5, 5.41) is 3.12. The third-order valence-electron chi connectivity index (χ3n) is 5.68. The van der Waals surface area contributed by atoms with Crippen LogP contribution in [0.5, 0.6) is 0 Å². The lowest BCUT2D eigenvalue weighted by atomic mass is 9.78. The Hall–Kier alpha value is -1.35. The van der Waals surface area contributed by atoms with Crippen molar-refractivity contribution in [3.8, 4) is 0 Å². The number of likely N-dealkylation sites (tertiary alicyclic amines) is 1. The minimum Gasteiger partial charge on any atom is -0.355 e. The fourth-order valence-corrected chi connectivity index (χ4v) is 4.39. The summed E-state index contributed by atoms with van der Waals surface area (Å²) in [5.41, 5.74) is 2.64. The van der Waals surface area contributed by atoms with Crippen molar-refractivity contribution in [3.63, 3.8) is 0 Å². The van der Waals surface area contributed by atoms with Gasteiger partial charge in [-0.3, -0.25) is 9.69 Å². The lowest BCUT2D eigenvalue weighted by molar-refractivity contribution is -0.123. The predicted molar refractivity (Wildman–Crippen MR) is 94.4 cm³/mol. The fourth-order valence-electron chi connectivity index (χ4n) is 4.39. The molecule has 1 heterocycles. The molecule has 3 rings (SSSR count). The van der Waals surface area contributed by atoms with Gasteiger partial charge in [0.2, 0.25) is 5.91 Å². The van der Waals surface area contributed by atoms with Crippen molar-refractivity contribution < 1.29 is 4.79 Å². The number of aryl methyl sites for hydroxylation is 1. The molecule has 0 spiro atoms. The zero-order valence-electron chi connectivity index (χ0n) is 14.4. The van der Waals surface area contributed by atoms with Gasteiger partial charge < -0.3 is 5.32 Å². The van der Waals surface area contributed by atoms with Crippen LogP contribution in [0.4, 0.5) is 0 Å². The van der Waals surface area contributed by atoms with E-state index in [1.54, 1.807) is 0 Å². The van der Waals surface area contributed by atoms with Gasteiger partial charge in [-0.1, -0.05) is 37.1 Å². The molecular weight excluding hydrogens is 284 g/mol. The molecular formula is C20H30N2O. The van der Waals surface area contributed by atoms with E-state index in [0.29, 0.717) is 12.6 Å². The predicted octanol–water partition coefficient (Wildman–Crippen LogP) is 3.31. The Morgan fingerprint density at radius 2 is 1.96 bits per heavy atom. The number of nitrogens with one attached hydrogen (secondary N) is 1. The Kier molecular flexibility index (Phi) is 5.71. The first-order chi connectivity index (χ1) is 11.2. The number of carbonyl (C=O) groups excluding carboxylic acids is 1. The van der Waals surface area contributed by atoms with E-state index in [4.69, 9.17) is 0 Å². The van der Waals surface area contributed by atoms with Gasteiger partial charge in [-0.15, -0.1) is 0 Å². The number of piperidine rings is 1. The molecule has 126 valence electrons. The largest absolute Gasteiger partial charge is 0.355 e. The van der Waals surface area contributed by atoms with Crippen LogP contribution in [0, 0.1) is 12.8 Å². The van der Waals surface area contributed by atoms with Crippen LogP contribution >= 0.6 is 0 Å². The van der Waals surface area contributed by atoms with Gasteiger partial charge in [0.05, 0.1) is 6.54 Å². The van der Waals surface area contributed by atoms with Gasteiger partial charge in [-0.25, -0.2) is 0 Å². The summed E-state index contributed by atoms with van der Waals surface area (Å²) in [6.07, 6.45) is 8.94. The molecule has 2 aliphatic rings. The highest BCUT2D eigenvalue weighted by molar-refractivity contribution is 5.78. The van der Waals surface area contributed by atoms with Crippen molar-refractivity contribution >= 4 is 5.91 Å². The molecule has 1 saturated carbocycles. The molecule has 0 unspecified atom stereocenters. The van der Waals surface area contributed by atoms with Crippen molar-refractivity contribution in [2.75, 3.05) is 19.6 Å². The smallest absolute Gasteiger partial charge is 0.234 e. The van der Waals surface area contributed by atoms with Crippen LogP contribution in [0.25, 0.3) is 0 Å². The van der Waals surface area contributed by atoms with Crippen LogP contribution in [0.2, 0.25) is 0 Å². The molecule has 2 atom stereocenters. The monoisotopic (exact) mass is 314 g/mol. The number of nitrogens with zero attached hydrogens (tertiary/aromatic N) is 1. The van der Waals surface area contributed by atoms with Crippen LogP contribution < -0.4 is 5.32 Å². The Balaban J connectivity index is 1.44. The maximum absolute atomic E-state index is 12.3. The highest BCUT2D eigenvalue weighted by Crippen LogP contribution is 2.34. The van der Waals surface area contributed by atoms with Gasteiger partial charge in [0.1, 0.15) is 0 Å².